The van der Waals surface area contributed by atoms with Gasteiger partial charge in [0.05, 0.1) is 0 Å². The Hall–Kier alpha value is -2.22. The van der Waals surface area contributed by atoms with Crippen LogP contribution < -0.4 is 0 Å². The minimum absolute atomic E-state index is 0.0164. The molecule has 0 bridgehead atoms. The summed E-state index contributed by atoms with van der Waals surface area (Å²) in [7, 11) is 0. The van der Waals surface area contributed by atoms with Crippen LogP contribution >= 0.6 is 0 Å². The Balaban J connectivity index is 1.87. The van der Waals surface area contributed by atoms with Gasteiger partial charge >= 0.3 is 128 Å². The van der Waals surface area contributed by atoms with Crippen LogP contribution in [0.25, 0.3) is 0 Å². The summed E-state index contributed by atoms with van der Waals surface area (Å²) in [5.41, 5.74) is 1.35. The van der Waals surface area contributed by atoms with Crippen molar-refractivity contribution in [3.8, 4) is 0 Å². The molecule has 3 aromatic rings. The van der Waals surface area contributed by atoms with Crippen LogP contribution in [0.4, 0.5) is 0 Å². The van der Waals surface area contributed by atoms with Gasteiger partial charge in [0.15, 0.2) is 0 Å². The van der Waals surface area contributed by atoms with Crippen molar-refractivity contribution in [1.82, 2.24) is 0 Å². The summed E-state index contributed by atoms with van der Waals surface area (Å²) >= 11 is -0.222. The maximum absolute atomic E-state index is 12.4. The molecule has 2 aromatic carbocycles. The average Bonchev–Trinajstić information content (AvgIpc) is 3.05. The van der Waals surface area contributed by atoms with E-state index in [1.54, 1.807) is 36.4 Å². The first-order valence-electron chi connectivity index (χ1n) is 6.55. The molecule has 0 atom stereocenters. The topological polar surface area (TPSA) is 34.1 Å². The molecule has 1 aromatic heterocycles. The zero-order valence-corrected chi connectivity index (χ0v) is 12.9. The van der Waals surface area contributed by atoms with Gasteiger partial charge in [-0.05, 0) is 0 Å². The fraction of sp³-hybridized carbons (Fsp3) is 0. The van der Waals surface area contributed by atoms with E-state index in [1.807, 2.05) is 36.4 Å². The van der Waals surface area contributed by atoms with E-state index in [4.69, 9.17) is 0 Å². The predicted molar refractivity (Wildman–Crippen MR) is 83.1 cm³/mol. The summed E-state index contributed by atoms with van der Waals surface area (Å²) in [5, 5.41) is 0. The molecule has 0 fully saturated rings. The van der Waals surface area contributed by atoms with Gasteiger partial charge in [0, 0.05) is 0 Å². The molecule has 0 saturated heterocycles. The Bertz CT molecular complexity index is 707. The second-order valence-electron chi connectivity index (χ2n) is 4.55. The number of ketones is 2. The average molecular weight is 339 g/mol. The standard InChI is InChI=1S/C18H12O2Se/c19-17(13-7-3-1-4-8-13)15-11-12-16(21-15)18(20)14-9-5-2-6-10-14/h1-12H. The number of hydrogen-bond acceptors (Lipinski definition) is 2. The van der Waals surface area contributed by atoms with E-state index >= 15 is 0 Å². The SMILES string of the molecule is O=C(c1ccccc1)c1ccc(C(=O)c2ccccc2)[se]1. The number of benzene rings is 2. The Morgan fingerprint density at radius 1 is 0.571 bits per heavy atom. The van der Waals surface area contributed by atoms with Crippen molar-refractivity contribution < 1.29 is 9.59 Å². The molecule has 0 aliphatic rings. The van der Waals surface area contributed by atoms with Gasteiger partial charge in [-0.25, -0.2) is 0 Å². The Labute approximate surface area is 128 Å². The van der Waals surface area contributed by atoms with E-state index in [-0.39, 0.29) is 26.1 Å². The molecule has 2 nitrogen and oxygen atoms in total. The predicted octanol–water partition coefficient (Wildman–Crippen LogP) is 3.21. The molecule has 21 heavy (non-hydrogen) atoms. The Morgan fingerprint density at radius 2 is 0.952 bits per heavy atom. The molecule has 0 amide bonds. The van der Waals surface area contributed by atoms with Crippen LogP contribution in [0.1, 0.15) is 29.6 Å². The maximum atomic E-state index is 12.4. The normalized spacial score (nSPS) is 10.3. The third-order valence-electron chi connectivity index (χ3n) is 3.13. The monoisotopic (exact) mass is 340 g/mol. The molecule has 1 heterocycles. The zero-order valence-electron chi connectivity index (χ0n) is 11.2. The van der Waals surface area contributed by atoms with Crippen LogP contribution in [0.2, 0.25) is 0 Å². The zero-order chi connectivity index (χ0) is 14.7. The molecular weight excluding hydrogens is 327 g/mol. The van der Waals surface area contributed by atoms with Gasteiger partial charge in [0.2, 0.25) is 0 Å². The van der Waals surface area contributed by atoms with E-state index in [0.717, 1.165) is 8.87 Å². The third-order valence-corrected chi connectivity index (χ3v) is 5.40. The first kappa shape index (κ1) is 13.7. The number of hydrogen-bond donors (Lipinski definition) is 0. The molecule has 0 spiro atoms. The molecule has 0 saturated carbocycles. The van der Waals surface area contributed by atoms with Crippen molar-refractivity contribution in [3.63, 3.8) is 0 Å². The second-order valence-corrected chi connectivity index (χ2v) is 6.83. The molecule has 0 radical (unpaired) electrons. The molecule has 3 heteroatoms. The number of carbonyl (C=O) groups is 2. The van der Waals surface area contributed by atoms with Crippen LogP contribution in [-0.4, -0.2) is 26.1 Å². The summed E-state index contributed by atoms with van der Waals surface area (Å²) in [6.45, 7) is 0. The van der Waals surface area contributed by atoms with Gasteiger partial charge in [0.1, 0.15) is 0 Å². The molecule has 0 unspecified atom stereocenters. The van der Waals surface area contributed by atoms with Crippen molar-refractivity contribution in [1.29, 1.82) is 0 Å². The summed E-state index contributed by atoms with van der Waals surface area (Å²) in [6, 6.07) is 21.9. The van der Waals surface area contributed by atoms with Crippen molar-refractivity contribution in [2.45, 2.75) is 0 Å². The number of carbonyl (C=O) groups excluding carboxylic acids is 2. The fourth-order valence-electron chi connectivity index (χ4n) is 2.05. The van der Waals surface area contributed by atoms with E-state index in [1.165, 1.54) is 0 Å². The molecule has 0 N–H and O–H groups in total. The summed E-state index contributed by atoms with van der Waals surface area (Å²) in [4.78, 5) is 24.7. The second kappa shape index (κ2) is 6.04. The van der Waals surface area contributed by atoms with Crippen LogP contribution in [0.15, 0.2) is 72.8 Å². The van der Waals surface area contributed by atoms with Crippen LogP contribution in [-0.2, 0) is 0 Å². The first-order valence-corrected chi connectivity index (χ1v) is 8.26. The molecule has 0 aliphatic heterocycles. The van der Waals surface area contributed by atoms with Crippen molar-refractivity contribution in [2.75, 3.05) is 0 Å². The van der Waals surface area contributed by atoms with Gasteiger partial charge in [-0.3, -0.25) is 0 Å². The van der Waals surface area contributed by atoms with Crippen LogP contribution in [0.3, 0.4) is 0 Å². The minimum atomic E-state index is -0.222. The third kappa shape index (κ3) is 2.94. The van der Waals surface area contributed by atoms with Crippen molar-refractivity contribution >= 4 is 26.1 Å². The Kier molecular flexibility index (Phi) is 3.96. The fourth-order valence-corrected chi connectivity index (χ4v) is 4.00. The van der Waals surface area contributed by atoms with Crippen molar-refractivity contribution in [2.24, 2.45) is 0 Å². The van der Waals surface area contributed by atoms with E-state index < -0.39 is 0 Å². The summed E-state index contributed by atoms with van der Waals surface area (Å²) < 4.78 is 1.46. The van der Waals surface area contributed by atoms with Crippen molar-refractivity contribution in [3.05, 3.63) is 92.8 Å². The van der Waals surface area contributed by atoms with E-state index in [2.05, 4.69) is 0 Å². The summed E-state index contributed by atoms with van der Waals surface area (Å²) in [5.74, 6) is 0.0328. The Morgan fingerprint density at radius 3 is 1.33 bits per heavy atom. The van der Waals surface area contributed by atoms with Gasteiger partial charge in [0.25, 0.3) is 0 Å². The molecule has 102 valence electrons. The quantitative estimate of drug-likeness (QED) is 0.540. The van der Waals surface area contributed by atoms with Gasteiger partial charge < -0.3 is 0 Å². The molecule has 3 rings (SSSR count). The van der Waals surface area contributed by atoms with E-state index in [0.29, 0.717) is 11.1 Å². The summed E-state index contributed by atoms with van der Waals surface area (Å²) in [6.07, 6.45) is 0. The van der Waals surface area contributed by atoms with Gasteiger partial charge in [-0.2, -0.15) is 0 Å². The van der Waals surface area contributed by atoms with Gasteiger partial charge in [-0.1, -0.05) is 0 Å². The number of rotatable bonds is 4. The first-order chi connectivity index (χ1) is 10.3. The van der Waals surface area contributed by atoms with Crippen LogP contribution in [0.5, 0.6) is 0 Å². The van der Waals surface area contributed by atoms with Gasteiger partial charge in [-0.15, -0.1) is 0 Å². The van der Waals surface area contributed by atoms with E-state index in [9.17, 15) is 9.59 Å². The molecular formula is C18H12O2Se. The molecule has 0 aliphatic carbocycles. The van der Waals surface area contributed by atoms with Crippen LogP contribution in [0, 0.1) is 0 Å².